The SMILES string of the molecule is CSc1cccc(Nc2cc(-c3ccccn3)nc(N[C@@H](C)CO)n2)c1. The molecule has 3 N–H and O–H groups in total. The van der Waals surface area contributed by atoms with Crippen LogP contribution in [0.25, 0.3) is 11.4 Å². The van der Waals surface area contributed by atoms with Gasteiger partial charge in [-0.25, -0.2) is 4.98 Å². The Morgan fingerprint density at radius 3 is 2.69 bits per heavy atom. The van der Waals surface area contributed by atoms with Crippen molar-refractivity contribution in [3.63, 3.8) is 0 Å². The third-order valence-corrected chi connectivity index (χ3v) is 4.37. The van der Waals surface area contributed by atoms with Gasteiger partial charge in [0.15, 0.2) is 0 Å². The van der Waals surface area contributed by atoms with Gasteiger partial charge in [0.2, 0.25) is 5.95 Å². The minimum Gasteiger partial charge on any atom is -0.394 e. The van der Waals surface area contributed by atoms with E-state index in [1.807, 2.05) is 49.6 Å². The van der Waals surface area contributed by atoms with Crippen LogP contribution < -0.4 is 10.6 Å². The summed E-state index contributed by atoms with van der Waals surface area (Å²) < 4.78 is 0. The van der Waals surface area contributed by atoms with E-state index in [1.165, 1.54) is 4.90 Å². The number of hydrogen-bond acceptors (Lipinski definition) is 7. The highest BCUT2D eigenvalue weighted by atomic mass is 32.2. The molecule has 3 aromatic rings. The number of aliphatic hydroxyl groups excluding tert-OH is 1. The highest BCUT2D eigenvalue weighted by Crippen LogP contribution is 2.25. The van der Waals surface area contributed by atoms with Crippen LogP contribution in [0.1, 0.15) is 6.92 Å². The van der Waals surface area contributed by atoms with E-state index in [0.717, 1.165) is 11.4 Å². The van der Waals surface area contributed by atoms with Crippen molar-refractivity contribution in [2.45, 2.75) is 17.9 Å². The van der Waals surface area contributed by atoms with Gasteiger partial charge in [0.05, 0.1) is 18.0 Å². The van der Waals surface area contributed by atoms with Gasteiger partial charge in [0.1, 0.15) is 5.82 Å². The van der Waals surface area contributed by atoms with Gasteiger partial charge in [-0.1, -0.05) is 12.1 Å². The van der Waals surface area contributed by atoms with Crippen LogP contribution >= 0.6 is 11.8 Å². The molecule has 0 aliphatic rings. The third-order valence-electron chi connectivity index (χ3n) is 3.64. The molecule has 0 unspecified atom stereocenters. The van der Waals surface area contributed by atoms with Crippen LogP contribution in [0.4, 0.5) is 17.5 Å². The fraction of sp³-hybridized carbons (Fsp3) is 0.211. The number of nitrogens with zero attached hydrogens (tertiary/aromatic N) is 3. The summed E-state index contributed by atoms with van der Waals surface area (Å²) in [4.78, 5) is 14.6. The Labute approximate surface area is 157 Å². The van der Waals surface area contributed by atoms with Crippen LogP contribution in [-0.4, -0.2) is 39.0 Å². The number of pyridine rings is 1. The number of nitrogens with one attached hydrogen (secondary N) is 2. The molecule has 0 amide bonds. The monoisotopic (exact) mass is 367 g/mol. The fourth-order valence-electron chi connectivity index (χ4n) is 2.34. The van der Waals surface area contributed by atoms with E-state index in [-0.39, 0.29) is 12.6 Å². The van der Waals surface area contributed by atoms with Crippen LogP contribution in [-0.2, 0) is 0 Å². The molecule has 0 bridgehead atoms. The van der Waals surface area contributed by atoms with Crippen molar-refractivity contribution < 1.29 is 5.11 Å². The molecule has 134 valence electrons. The average Bonchev–Trinajstić information content (AvgIpc) is 2.68. The molecule has 6 nitrogen and oxygen atoms in total. The zero-order valence-corrected chi connectivity index (χ0v) is 15.5. The zero-order valence-electron chi connectivity index (χ0n) is 14.7. The first-order valence-corrected chi connectivity index (χ1v) is 9.49. The first kappa shape index (κ1) is 18.2. The maximum absolute atomic E-state index is 9.30. The Morgan fingerprint density at radius 1 is 1.08 bits per heavy atom. The summed E-state index contributed by atoms with van der Waals surface area (Å²) >= 11 is 1.69. The molecule has 2 aromatic heterocycles. The normalized spacial score (nSPS) is 11.8. The van der Waals surface area contributed by atoms with Crippen LogP contribution in [0.15, 0.2) is 59.6 Å². The molecule has 1 aromatic carbocycles. The zero-order chi connectivity index (χ0) is 18.4. The summed E-state index contributed by atoms with van der Waals surface area (Å²) in [7, 11) is 0. The second-order valence-corrected chi connectivity index (χ2v) is 6.64. The predicted molar refractivity (Wildman–Crippen MR) is 107 cm³/mol. The highest BCUT2D eigenvalue weighted by molar-refractivity contribution is 7.98. The van der Waals surface area contributed by atoms with Crippen LogP contribution in [0.2, 0.25) is 0 Å². The lowest BCUT2D eigenvalue weighted by atomic mass is 10.2. The Hall–Kier alpha value is -2.64. The standard InChI is InChI=1S/C19H21N5OS/c1-13(12-25)21-19-23-17(16-8-3-4-9-20-16)11-18(24-19)22-14-6-5-7-15(10-14)26-2/h3-11,13,25H,12H2,1-2H3,(H2,21,22,23,24)/t13-/m0/s1. The summed E-state index contributed by atoms with van der Waals surface area (Å²) in [6.45, 7) is 1.86. The number of anilines is 3. The van der Waals surface area contributed by atoms with Crippen LogP contribution in [0.3, 0.4) is 0 Å². The Morgan fingerprint density at radius 2 is 1.96 bits per heavy atom. The van der Waals surface area contributed by atoms with Crippen molar-refractivity contribution in [1.82, 2.24) is 15.0 Å². The summed E-state index contributed by atoms with van der Waals surface area (Å²) in [5.74, 6) is 1.10. The molecule has 0 spiro atoms. The summed E-state index contributed by atoms with van der Waals surface area (Å²) in [5.41, 5.74) is 2.41. The maximum Gasteiger partial charge on any atom is 0.225 e. The smallest absolute Gasteiger partial charge is 0.225 e. The molecule has 3 rings (SSSR count). The van der Waals surface area contributed by atoms with Crippen molar-refractivity contribution in [3.05, 3.63) is 54.7 Å². The summed E-state index contributed by atoms with van der Waals surface area (Å²) in [6.07, 6.45) is 3.78. The largest absolute Gasteiger partial charge is 0.394 e. The molecule has 7 heteroatoms. The number of aromatic nitrogens is 3. The average molecular weight is 367 g/mol. The Bertz CT molecular complexity index is 860. The lowest BCUT2D eigenvalue weighted by Gasteiger charge is -2.14. The third kappa shape index (κ3) is 4.71. The van der Waals surface area contributed by atoms with E-state index in [9.17, 15) is 5.11 Å². The molecular formula is C19H21N5OS. The minimum absolute atomic E-state index is 0.00426. The van der Waals surface area contributed by atoms with E-state index in [1.54, 1.807) is 18.0 Å². The lowest BCUT2D eigenvalue weighted by Crippen LogP contribution is -2.21. The van der Waals surface area contributed by atoms with Gasteiger partial charge in [0.25, 0.3) is 0 Å². The van der Waals surface area contributed by atoms with Gasteiger partial charge < -0.3 is 15.7 Å². The first-order chi connectivity index (χ1) is 12.7. The molecule has 0 aliphatic heterocycles. The van der Waals surface area contributed by atoms with E-state index in [4.69, 9.17) is 0 Å². The van der Waals surface area contributed by atoms with Crippen molar-refractivity contribution in [2.24, 2.45) is 0 Å². The second-order valence-electron chi connectivity index (χ2n) is 5.76. The Balaban J connectivity index is 1.96. The van der Waals surface area contributed by atoms with Gasteiger partial charge in [-0.3, -0.25) is 4.98 Å². The number of rotatable bonds is 7. The molecule has 2 heterocycles. The van der Waals surface area contributed by atoms with Gasteiger partial charge in [-0.05, 0) is 43.5 Å². The van der Waals surface area contributed by atoms with Crippen LogP contribution in [0.5, 0.6) is 0 Å². The van der Waals surface area contributed by atoms with Gasteiger partial charge in [-0.15, -0.1) is 11.8 Å². The molecule has 0 saturated carbocycles. The molecule has 0 fully saturated rings. The number of aliphatic hydroxyl groups is 1. The van der Waals surface area contributed by atoms with E-state index in [0.29, 0.717) is 17.5 Å². The fourth-order valence-corrected chi connectivity index (χ4v) is 2.80. The highest BCUT2D eigenvalue weighted by Gasteiger charge is 2.10. The number of hydrogen-bond donors (Lipinski definition) is 3. The maximum atomic E-state index is 9.30. The summed E-state index contributed by atoms with van der Waals surface area (Å²) in [5, 5.41) is 15.7. The molecule has 1 atom stereocenters. The predicted octanol–water partition coefficient (Wildman–Crippen LogP) is 3.80. The van der Waals surface area contributed by atoms with Gasteiger partial charge >= 0.3 is 0 Å². The van der Waals surface area contributed by atoms with Crippen molar-refractivity contribution in [3.8, 4) is 11.4 Å². The van der Waals surface area contributed by atoms with Crippen molar-refractivity contribution >= 4 is 29.2 Å². The lowest BCUT2D eigenvalue weighted by molar-refractivity contribution is 0.281. The molecule has 0 aliphatic carbocycles. The van der Waals surface area contributed by atoms with Crippen molar-refractivity contribution in [2.75, 3.05) is 23.5 Å². The van der Waals surface area contributed by atoms with E-state index < -0.39 is 0 Å². The van der Waals surface area contributed by atoms with E-state index in [2.05, 4.69) is 37.7 Å². The number of benzene rings is 1. The summed E-state index contributed by atoms with van der Waals surface area (Å²) in [6, 6.07) is 15.5. The van der Waals surface area contributed by atoms with Crippen LogP contribution in [0, 0.1) is 0 Å². The van der Waals surface area contributed by atoms with E-state index >= 15 is 0 Å². The minimum atomic E-state index is -0.151. The van der Waals surface area contributed by atoms with Crippen molar-refractivity contribution in [1.29, 1.82) is 0 Å². The first-order valence-electron chi connectivity index (χ1n) is 8.27. The van der Waals surface area contributed by atoms with Gasteiger partial charge in [0, 0.05) is 28.9 Å². The molecule has 0 radical (unpaired) electrons. The number of thioether (sulfide) groups is 1. The molecule has 26 heavy (non-hydrogen) atoms. The second kappa shape index (κ2) is 8.64. The quantitative estimate of drug-likeness (QED) is 0.548. The topological polar surface area (TPSA) is 83.0 Å². The molecular weight excluding hydrogens is 346 g/mol. The van der Waals surface area contributed by atoms with Gasteiger partial charge in [-0.2, -0.15) is 4.98 Å². The Kier molecular flexibility index (Phi) is 6.04. The molecule has 0 saturated heterocycles.